The van der Waals surface area contributed by atoms with Gasteiger partial charge < -0.3 is 20.0 Å². The first kappa shape index (κ1) is 16.3. The van der Waals surface area contributed by atoms with Crippen LogP contribution in [0.15, 0.2) is 0 Å². The highest BCUT2D eigenvalue weighted by Crippen LogP contribution is 2.18. The molecule has 1 rings (SSSR count). The second kappa shape index (κ2) is 7.12. The first-order valence-corrected chi connectivity index (χ1v) is 6.82. The fraction of sp³-hybridized carbons (Fsp3) is 0.769. The SMILES string of the molecule is CCN1C[C@@H](CN(C)C(=O)CNC(=O)N(C)C)CC1=O. The molecule has 0 aromatic heterocycles. The summed E-state index contributed by atoms with van der Waals surface area (Å²) in [7, 11) is 4.93. The van der Waals surface area contributed by atoms with Crippen molar-refractivity contribution in [1.29, 1.82) is 0 Å². The molecule has 1 aliphatic rings. The van der Waals surface area contributed by atoms with Crippen LogP contribution in [0.25, 0.3) is 0 Å². The molecule has 0 bridgehead atoms. The van der Waals surface area contributed by atoms with Crippen molar-refractivity contribution in [1.82, 2.24) is 20.0 Å². The Morgan fingerprint density at radius 2 is 2.00 bits per heavy atom. The summed E-state index contributed by atoms with van der Waals surface area (Å²) < 4.78 is 0. The summed E-state index contributed by atoms with van der Waals surface area (Å²) in [6, 6.07) is -0.292. The van der Waals surface area contributed by atoms with E-state index in [0.717, 1.165) is 0 Å². The Hall–Kier alpha value is -1.79. The first-order valence-electron chi connectivity index (χ1n) is 6.82. The van der Waals surface area contributed by atoms with Crippen LogP contribution in [0.3, 0.4) is 0 Å². The predicted octanol–water partition coefficient (Wildman–Crippen LogP) is -0.416. The standard InChI is InChI=1S/C13H24N4O3/c1-5-17-9-10(6-11(17)18)8-16(4)12(19)7-14-13(20)15(2)3/h10H,5-9H2,1-4H3,(H,14,20)/t10-/m1/s1. The number of carbonyl (C=O) groups excluding carboxylic acids is 3. The van der Waals surface area contributed by atoms with E-state index < -0.39 is 0 Å². The Labute approximate surface area is 119 Å². The van der Waals surface area contributed by atoms with E-state index in [9.17, 15) is 14.4 Å². The quantitative estimate of drug-likeness (QED) is 0.745. The average molecular weight is 284 g/mol. The van der Waals surface area contributed by atoms with E-state index in [1.165, 1.54) is 4.90 Å². The molecule has 7 heteroatoms. The molecule has 1 saturated heterocycles. The van der Waals surface area contributed by atoms with E-state index in [1.807, 2.05) is 6.92 Å². The normalized spacial score (nSPS) is 18.1. The summed E-state index contributed by atoms with van der Waals surface area (Å²) in [6.07, 6.45) is 0.496. The summed E-state index contributed by atoms with van der Waals surface area (Å²) in [5, 5.41) is 2.53. The van der Waals surface area contributed by atoms with Crippen LogP contribution in [0.1, 0.15) is 13.3 Å². The molecule has 20 heavy (non-hydrogen) atoms. The van der Waals surface area contributed by atoms with Crippen molar-refractivity contribution in [3.8, 4) is 0 Å². The number of carbonyl (C=O) groups is 3. The van der Waals surface area contributed by atoms with Gasteiger partial charge in [0.1, 0.15) is 0 Å². The van der Waals surface area contributed by atoms with E-state index in [2.05, 4.69) is 5.32 Å². The van der Waals surface area contributed by atoms with Crippen LogP contribution in [0.2, 0.25) is 0 Å². The summed E-state index contributed by atoms with van der Waals surface area (Å²) in [4.78, 5) is 39.6. The van der Waals surface area contributed by atoms with Crippen LogP contribution in [0, 0.1) is 5.92 Å². The molecule has 0 aromatic rings. The number of likely N-dealkylation sites (N-methyl/N-ethyl adjacent to an activating group) is 1. The number of nitrogens with one attached hydrogen (secondary N) is 1. The zero-order valence-corrected chi connectivity index (χ0v) is 12.7. The third-order valence-corrected chi connectivity index (χ3v) is 3.43. The number of hydrogen-bond donors (Lipinski definition) is 1. The maximum absolute atomic E-state index is 11.9. The molecule has 0 aliphatic carbocycles. The molecule has 1 atom stereocenters. The fourth-order valence-electron chi connectivity index (χ4n) is 2.22. The number of rotatable bonds is 5. The van der Waals surface area contributed by atoms with Crippen LogP contribution >= 0.6 is 0 Å². The zero-order valence-electron chi connectivity index (χ0n) is 12.7. The van der Waals surface area contributed by atoms with E-state index in [4.69, 9.17) is 0 Å². The molecule has 1 heterocycles. The highest BCUT2D eigenvalue weighted by molar-refractivity contribution is 5.84. The van der Waals surface area contributed by atoms with E-state index in [-0.39, 0.29) is 30.3 Å². The molecule has 0 radical (unpaired) electrons. The van der Waals surface area contributed by atoms with E-state index in [1.54, 1.807) is 30.9 Å². The molecule has 1 aliphatic heterocycles. The third-order valence-electron chi connectivity index (χ3n) is 3.43. The summed E-state index contributed by atoms with van der Waals surface area (Å²) in [5.74, 6) is 0.183. The van der Waals surface area contributed by atoms with E-state index >= 15 is 0 Å². The number of nitrogens with zero attached hydrogens (tertiary/aromatic N) is 3. The van der Waals surface area contributed by atoms with Crippen molar-refractivity contribution in [2.24, 2.45) is 5.92 Å². The van der Waals surface area contributed by atoms with Gasteiger partial charge in [0.15, 0.2) is 0 Å². The molecule has 1 N–H and O–H groups in total. The van der Waals surface area contributed by atoms with Gasteiger partial charge in [-0.2, -0.15) is 0 Å². The van der Waals surface area contributed by atoms with Crippen molar-refractivity contribution < 1.29 is 14.4 Å². The van der Waals surface area contributed by atoms with Gasteiger partial charge in [-0.25, -0.2) is 4.79 Å². The highest BCUT2D eigenvalue weighted by Gasteiger charge is 2.29. The first-order chi connectivity index (χ1) is 9.35. The topological polar surface area (TPSA) is 73.0 Å². The number of likely N-dealkylation sites (tertiary alicyclic amines) is 1. The minimum atomic E-state index is -0.292. The number of hydrogen-bond acceptors (Lipinski definition) is 3. The molecule has 0 spiro atoms. The lowest BCUT2D eigenvalue weighted by molar-refractivity contribution is -0.130. The van der Waals surface area contributed by atoms with Crippen LogP contribution in [-0.4, -0.2) is 79.9 Å². The Bertz CT molecular complexity index is 384. The highest BCUT2D eigenvalue weighted by atomic mass is 16.2. The van der Waals surface area contributed by atoms with Gasteiger partial charge in [0.25, 0.3) is 0 Å². The molecule has 4 amide bonds. The Morgan fingerprint density at radius 1 is 1.35 bits per heavy atom. The number of urea groups is 1. The molecule has 0 aromatic carbocycles. The van der Waals surface area contributed by atoms with Gasteiger partial charge >= 0.3 is 6.03 Å². The van der Waals surface area contributed by atoms with Gasteiger partial charge in [-0.15, -0.1) is 0 Å². The Kier molecular flexibility index (Phi) is 5.79. The predicted molar refractivity (Wildman–Crippen MR) is 75.1 cm³/mol. The van der Waals surface area contributed by atoms with Gasteiger partial charge in [-0.1, -0.05) is 0 Å². The maximum atomic E-state index is 11.9. The average Bonchev–Trinajstić information content (AvgIpc) is 2.75. The molecule has 1 fully saturated rings. The van der Waals surface area contributed by atoms with Gasteiger partial charge in [-0.3, -0.25) is 9.59 Å². The maximum Gasteiger partial charge on any atom is 0.317 e. The molecule has 0 saturated carbocycles. The second-order valence-electron chi connectivity index (χ2n) is 5.33. The van der Waals surface area contributed by atoms with Crippen molar-refractivity contribution in [2.75, 3.05) is 47.3 Å². The smallest absolute Gasteiger partial charge is 0.317 e. The van der Waals surface area contributed by atoms with Crippen LogP contribution < -0.4 is 5.32 Å². The van der Waals surface area contributed by atoms with Gasteiger partial charge in [0.05, 0.1) is 6.54 Å². The van der Waals surface area contributed by atoms with Crippen molar-refractivity contribution >= 4 is 17.8 Å². The summed E-state index contributed by atoms with van der Waals surface area (Å²) in [5.41, 5.74) is 0. The minimum Gasteiger partial charge on any atom is -0.344 e. The Balaban J connectivity index is 2.35. The number of amides is 4. The zero-order chi connectivity index (χ0) is 15.3. The third kappa shape index (κ3) is 4.40. The lowest BCUT2D eigenvalue weighted by Gasteiger charge is -2.22. The van der Waals surface area contributed by atoms with Crippen LogP contribution in [0.4, 0.5) is 4.79 Å². The summed E-state index contributed by atoms with van der Waals surface area (Å²) in [6.45, 7) is 3.89. The van der Waals surface area contributed by atoms with Crippen molar-refractivity contribution in [2.45, 2.75) is 13.3 Å². The Morgan fingerprint density at radius 3 is 2.50 bits per heavy atom. The van der Waals surface area contributed by atoms with Gasteiger partial charge in [-0.05, 0) is 6.92 Å². The van der Waals surface area contributed by atoms with Crippen molar-refractivity contribution in [3.05, 3.63) is 0 Å². The summed E-state index contributed by atoms with van der Waals surface area (Å²) >= 11 is 0. The van der Waals surface area contributed by atoms with Crippen LogP contribution in [0.5, 0.6) is 0 Å². The molecule has 114 valence electrons. The lowest BCUT2D eigenvalue weighted by Crippen LogP contribution is -2.43. The largest absolute Gasteiger partial charge is 0.344 e. The molecule has 0 unspecified atom stereocenters. The fourth-order valence-corrected chi connectivity index (χ4v) is 2.22. The monoisotopic (exact) mass is 284 g/mol. The second-order valence-corrected chi connectivity index (χ2v) is 5.33. The van der Waals surface area contributed by atoms with Crippen LogP contribution in [-0.2, 0) is 9.59 Å². The van der Waals surface area contributed by atoms with Gasteiger partial charge in [0.2, 0.25) is 11.8 Å². The molecule has 7 nitrogen and oxygen atoms in total. The van der Waals surface area contributed by atoms with Crippen molar-refractivity contribution in [3.63, 3.8) is 0 Å². The molecular formula is C13H24N4O3. The lowest BCUT2D eigenvalue weighted by atomic mass is 10.1. The molecular weight excluding hydrogens is 260 g/mol. The van der Waals surface area contributed by atoms with E-state index in [0.29, 0.717) is 26.1 Å². The van der Waals surface area contributed by atoms with Gasteiger partial charge in [0, 0.05) is 53.1 Å². The minimum absolute atomic E-state index is 0.0222.